The average Bonchev–Trinajstić information content (AvgIpc) is 2.11. The molecule has 0 spiro atoms. The standard InChI is InChI=1S/C12H20O/c13-12-10-8-6-4-2-1-3-5-7-9-11-12/h1-2H,3-11H2/b2-1+. The van der Waals surface area contributed by atoms with Crippen LogP contribution in [-0.2, 0) is 4.79 Å². The van der Waals surface area contributed by atoms with Crippen molar-refractivity contribution in [3.05, 3.63) is 12.2 Å². The summed E-state index contributed by atoms with van der Waals surface area (Å²) >= 11 is 0. The Morgan fingerprint density at radius 2 is 1.31 bits per heavy atom. The van der Waals surface area contributed by atoms with E-state index >= 15 is 0 Å². The van der Waals surface area contributed by atoms with Gasteiger partial charge >= 0.3 is 0 Å². The number of carbonyl (C=O) groups is 1. The van der Waals surface area contributed by atoms with Crippen LogP contribution < -0.4 is 0 Å². The molecular weight excluding hydrogens is 160 g/mol. The molecule has 0 fully saturated rings. The smallest absolute Gasteiger partial charge is 0.132 e. The van der Waals surface area contributed by atoms with E-state index in [2.05, 4.69) is 12.2 Å². The molecular formula is C12H20O. The van der Waals surface area contributed by atoms with Crippen LogP contribution in [0.4, 0.5) is 0 Å². The molecule has 0 radical (unpaired) electrons. The molecule has 0 aromatic carbocycles. The van der Waals surface area contributed by atoms with Gasteiger partial charge < -0.3 is 0 Å². The van der Waals surface area contributed by atoms with Gasteiger partial charge in [-0.2, -0.15) is 0 Å². The summed E-state index contributed by atoms with van der Waals surface area (Å²) in [7, 11) is 0. The van der Waals surface area contributed by atoms with Gasteiger partial charge in [0.05, 0.1) is 0 Å². The Hall–Kier alpha value is -0.590. The molecule has 1 nitrogen and oxygen atoms in total. The molecule has 0 atom stereocenters. The SMILES string of the molecule is O=C1CCCC/C=C/CCCCC1. The second-order valence-electron chi connectivity index (χ2n) is 3.86. The van der Waals surface area contributed by atoms with Crippen LogP contribution >= 0.6 is 0 Å². The molecule has 0 saturated carbocycles. The summed E-state index contributed by atoms with van der Waals surface area (Å²) in [6, 6.07) is 0. The fourth-order valence-electron chi connectivity index (χ4n) is 1.71. The Morgan fingerprint density at radius 1 is 0.769 bits per heavy atom. The molecule has 0 aliphatic heterocycles. The van der Waals surface area contributed by atoms with E-state index in [4.69, 9.17) is 0 Å². The molecule has 0 amide bonds. The van der Waals surface area contributed by atoms with Crippen LogP contribution in [0.2, 0.25) is 0 Å². The van der Waals surface area contributed by atoms with Gasteiger partial charge in [-0.3, -0.25) is 4.79 Å². The van der Waals surface area contributed by atoms with E-state index in [1.807, 2.05) is 0 Å². The number of allylic oxidation sites excluding steroid dienone is 2. The quantitative estimate of drug-likeness (QED) is 0.520. The number of hydrogen-bond acceptors (Lipinski definition) is 1. The molecule has 0 unspecified atom stereocenters. The third-order valence-corrected chi connectivity index (χ3v) is 2.57. The summed E-state index contributed by atoms with van der Waals surface area (Å²) in [4.78, 5) is 11.3. The predicted molar refractivity (Wildman–Crippen MR) is 55.7 cm³/mol. The zero-order valence-electron chi connectivity index (χ0n) is 8.43. The lowest BCUT2D eigenvalue weighted by Gasteiger charge is -2.02. The lowest BCUT2D eigenvalue weighted by molar-refractivity contribution is -0.119. The Bertz CT molecular complexity index is 170. The normalized spacial score (nSPS) is 24.5. The molecule has 0 heterocycles. The topological polar surface area (TPSA) is 17.1 Å². The highest BCUT2D eigenvalue weighted by molar-refractivity contribution is 5.78. The van der Waals surface area contributed by atoms with Gasteiger partial charge in [-0.15, -0.1) is 0 Å². The average molecular weight is 180 g/mol. The fraction of sp³-hybridized carbons (Fsp3) is 0.750. The highest BCUT2D eigenvalue weighted by Crippen LogP contribution is 2.10. The van der Waals surface area contributed by atoms with Gasteiger partial charge in [0, 0.05) is 12.8 Å². The Labute approximate surface area is 81.2 Å². The molecule has 0 aromatic heterocycles. The van der Waals surface area contributed by atoms with Gasteiger partial charge in [0.15, 0.2) is 0 Å². The van der Waals surface area contributed by atoms with Crippen LogP contribution in [0.25, 0.3) is 0 Å². The predicted octanol–water partition coefficient (Wildman–Crippen LogP) is 3.64. The third-order valence-electron chi connectivity index (χ3n) is 2.57. The van der Waals surface area contributed by atoms with Gasteiger partial charge in [-0.1, -0.05) is 18.6 Å². The Morgan fingerprint density at radius 3 is 2.00 bits per heavy atom. The first-order valence-electron chi connectivity index (χ1n) is 5.56. The molecule has 0 saturated heterocycles. The van der Waals surface area contributed by atoms with Crippen LogP contribution in [0.3, 0.4) is 0 Å². The molecule has 0 N–H and O–H groups in total. The van der Waals surface area contributed by atoms with E-state index in [9.17, 15) is 4.79 Å². The van der Waals surface area contributed by atoms with Crippen molar-refractivity contribution >= 4 is 5.78 Å². The molecule has 0 bridgehead atoms. The summed E-state index contributed by atoms with van der Waals surface area (Å²) in [5, 5.41) is 0. The third kappa shape index (κ3) is 5.62. The first-order valence-corrected chi connectivity index (χ1v) is 5.56. The summed E-state index contributed by atoms with van der Waals surface area (Å²) in [5.41, 5.74) is 0. The highest BCUT2D eigenvalue weighted by atomic mass is 16.1. The summed E-state index contributed by atoms with van der Waals surface area (Å²) in [6.45, 7) is 0. The minimum Gasteiger partial charge on any atom is -0.300 e. The number of ketones is 1. The van der Waals surface area contributed by atoms with E-state index in [1.54, 1.807) is 0 Å². The van der Waals surface area contributed by atoms with E-state index in [1.165, 1.54) is 25.7 Å². The molecule has 0 aromatic rings. The van der Waals surface area contributed by atoms with Crippen molar-refractivity contribution in [3.8, 4) is 0 Å². The lowest BCUT2D eigenvalue weighted by Crippen LogP contribution is -1.97. The zero-order valence-corrected chi connectivity index (χ0v) is 8.43. The maximum Gasteiger partial charge on any atom is 0.132 e. The van der Waals surface area contributed by atoms with E-state index in [0.717, 1.165) is 32.1 Å². The van der Waals surface area contributed by atoms with Gasteiger partial charge in [0.2, 0.25) is 0 Å². The minimum atomic E-state index is 0.476. The van der Waals surface area contributed by atoms with E-state index in [-0.39, 0.29) is 0 Å². The van der Waals surface area contributed by atoms with Crippen molar-refractivity contribution in [1.82, 2.24) is 0 Å². The van der Waals surface area contributed by atoms with Crippen LogP contribution in [0.5, 0.6) is 0 Å². The highest BCUT2D eigenvalue weighted by Gasteiger charge is 2.01. The van der Waals surface area contributed by atoms with Crippen molar-refractivity contribution in [3.63, 3.8) is 0 Å². The Kier molecular flexibility index (Phi) is 5.55. The first-order chi connectivity index (χ1) is 6.39. The van der Waals surface area contributed by atoms with E-state index in [0.29, 0.717) is 5.78 Å². The van der Waals surface area contributed by atoms with Crippen LogP contribution in [0.1, 0.15) is 57.8 Å². The van der Waals surface area contributed by atoms with Crippen LogP contribution in [-0.4, -0.2) is 5.78 Å². The van der Waals surface area contributed by atoms with Crippen molar-refractivity contribution in [2.45, 2.75) is 57.8 Å². The second kappa shape index (κ2) is 6.88. The molecule has 13 heavy (non-hydrogen) atoms. The Balaban J connectivity index is 2.24. The number of carbonyl (C=O) groups excluding carboxylic acids is 1. The largest absolute Gasteiger partial charge is 0.300 e. The van der Waals surface area contributed by atoms with Gasteiger partial charge in [-0.25, -0.2) is 0 Å². The van der Waals surface area contributed by atoms with E-state index < -0.39 is 0 Å². The van der Waals surface area contributed by atoms with Gasteiger partial charge in [-0.05, 0) is 38.5 Å². The molecule has 74 valence electrons. The van der Waals surface area contributed by atoms with Crippen LogP contribution in [0, 0.1) is 0 Å². The van der Waals surface area contributed by atoms with Crippen molar-refractivity contribution < 1.29 is 4.79 Å². The van der Waals surface area contributed by atoms with Gasteiger partial charge in [0.1, 0.15) is 5.78 Å². The first kappa shape index (κ1) is 10.5. The number of Topliss-reactive ketones (excluding diaryl/α,β-unsaturated/α-hetero) is 1. The van der Waals surface area contributed by atoms with Crippen LogP contribution in [0.15, 0.2) is 12.2 Å². The van der Waals surface area contributed by atoms with Crippen molar-refractivity contribution in [1.29, 1.82) is 0 Å². The maximum atomic E-state index is 11.3. The van der Waals surface area contributed by atoms with Crippen molar-refractivity contribution in [2.24, 2.45) is 0 Å². The second-order valence-corrected chi connectivity index (χ2v) is 3.86. The monoisotopic (exact) mass is 180 g/mol. The summed E-state index contributed by atoms with van der Waals surface area (Å²) < 4.78 is 0. The maximum absolute atomic E-state index is 11.3. The summed E-state index contributed by atoms with van der Waals surface area (Å²) in [5.74, 6) is 0.476. The molecule has 1 heteroatoms. The fourth-order valence-corrected chi connectivity index (χ4v) is 1.71. The molecule has 1 aliphatic rings. The molecule has 1 rings (SSSR count). The van der Waals surface area contributed by atoms with Crippen molar-refractivity contribution in [2.75, 3.05) is 0 Å². The minimum absolute atomic E-state index is 0.476. The summed E-state index contributed by atoms with van der Waals surface area (Å²) in [6.07, 6.45) is 14.4. The number of hydrogen-bond donors (Lipinski definition) is 0. The lowest BCUT2D eigenvalue weighted by atomic mass is 10.0. The number of rotatable bonds is 0. The van der Waals surface area contributed by atoms with Gasteiger partial charge in [0.25, 0.3) is 0 Å². The molecule has 1 aliphatic carbocycles. The zero-order chi connectivity index (χ0) is 9.36.